The van der Waals surface area contributed by atoms with E-state index in [9.17, 15) is 4.79 Å². The van der Waals surface area contributed by atoms with Gasteiger partial charge < -0.3 is 14.4 Å². The highest BCUT2D eigenvalue weighted by Crippen LogP contribution is 2.17. The van der Waals surface area contributed by atoms with Crippen molar-refractivity contribution >= 4 is 17.0 Å². The summed E-state index contributed by atoms with van der Waals surface area (Å²) < 4.78 is 9.97. The Morgan fingerprint density at radius 3 is 2.67 bits per heavy atom. The van der Waals surface area contributed by atoms with Gasteiger partial charge in [0.2, 0.25) is 0 Å². The van der Waals surface area contributed by atoms with E-state index in [1.165, 1.54) is 11.8 Å². The van der Waals surface area contributed by atoms with Crippen LogP contribution in [0.15, 0.2) is 0 Å². The van der Waals surface area contributed by atoms with Gasteiger partial charge in [-0.25, -0.2) is 0 Å². The lowest BCUT2D eigenvalue weighted by molar-refractivity contribution is -0.109. The predicted molar refractivity (Wildman–Crippen MR) is 47.2 cm³/mol. The van der Waals surface area contributed by atoms with E-state index >= 15 is 0 Å². The summed E-state index contributed by atoms with van der Waals surface area (Å²) >= 11 is 1.34. The molecule has 0 unspecified atom stereocenters. The zero-order chi connectivity index (χ0) is 8.97. The van der Waals surface area contributed by atoms with E-state index in [4.69, 9.17) is 9.47 Å². The Hall–Kier alpha value is -0.260. The van der Waals surface area contributed by atoms with Gasteiger partial charge in [-0.2, -0.15) is 0 Å². The normalized spacial score (nSPS) is 17.9. The second-order valence-corrected chi connectivity index (χ2v) is 3.51. The van der Waals surface area contributed by atoms with Crippen LogP contribution < -0.4 is 0 Å². The Morgan fingerprint density at radius 1 is 1.58 bits per heavy atom. The van der Waals surface area contributed by atoms with E-state index < -0.39 is 0 Å². The molecule has 1 amide bonds. The van der Waals surface area contributed by atoms with Crippen LogP contribution in [0.2, 0.25) is 0 Å². The van der Waals surface area contributed by atoms with Crippen LogP contribution in [0, 0.1) is 0 Å². The minimum Gasteiger partial charge on any atom is -0.354 e. The SMILES string of the molecule is COC(CN1CCSC1=O)OC. The van der Waals surface area contributed by atoms with Gasteiger partial charge in [0.25, 0.3) is 5.24 Å². The smallest absolute Gasteiger partial charge is 0.281 e. The van der Waals surface area contributed by atoms with Crippen LogP contribution in [0.3, 0.4) is 0 Å². The summed E-state index contributed by atoms with van der Waals surface area (Å²) in [5, 5.41) is 0.120. The molecule has 1 aliphatic rings. The second kappa shape index (κ2) is 4.69. The molecule has 0 bridgehead atoms. The first-order valence-electron chi connectivity index (χ1n) is 3.75. The first-order chi connectivity index (χ1) is 5.77. The van der Waals surface area contributed by atoms with Gasteiger partial charge in [-0.15, -0.1) is 0 Å². The molecule has 0 aromatic heterocycles. The molecule has 5 heteroatoms. The van der Waals surface area contributed by atoms with Gasteiger partial charge in [-0.05, 0) is 0 Å². The van der Waals surface area contributed by atoms with Crippen molar-refractivity contribution in [2.45, 2.75) is 6.29 Å². The van der Waals surface area contributed by atoms with Crippen molar-refractivity contribution < 1.29 is 14.3 Å². The number of ether oxygens (including phenoxy) is 2. The number of rotatable bonds is 4. The maximum Gasteiger partial charge on any atom is 0.281 e. The van der Waals surface area contributed by atoms with Crippen LogP contribution in [0.1, 0.15) is 0 Å². The minimum atomic E-state index is -0.298. The lowest BCUT2D eigenvalue weighted by Crippen LogP contribution is -2.34. The Balaban J connectivity index is 2.33. The Morgan fingerprint density at radius 2 is 2.25 bits per heavy atom. The van der Waals surface area contributed by atoms with Crippen molar-refractivity contribution in [3.05, 3.63) is 0 Å². The zero-order valence-electron chi connectivity index (χ0n) is 7.28. The number of amides is 1. The molecule has 0 N–H and O–H groups in total. The monoisotopic (exact) mass is 191 g/mol. The summed E-state index contributed by atoms with van der Waals surface area (Å²) in [7, 11) is 3.14. The van der Waals surface area contributed by atoms with Crippen molar-refractivity contribution in [3.8, 4) is 0 Å². The molecule has 12 heavy (non-hydrogen) atoms. The largest absolute Gasteiger partial charge is 0.354 e. The Labute approximate surface area is 76.2 Å². The molecule has 0 aromatic rings. The summed E-state index contributed by atoms with van der Waals surface area (Å²) in [5.74, 6) is 0.874. The van der Waals surface area contributed by atoms with Gasteiger partial charge >= 0.3 is 0 Å². The van der Waals surface area contributed by atoms with Crippen LogP contribution in [0.25, 0.3) is 0 Å². The molecule has 0 atom stereocenters. The zero-order valence-corrected chi connectivity index (χ0v) is 8.10. The highest BCUT2D eigenvalue weighted by atomic mass is 32.2. The van der Waals surface area contributed by atoms with Gasteiger partial charge in [0.15, 0.2) is 6.29 Å². The van der Waals surface area contributed by atoms with E-state index in [0.717, 1.165) is 12.3 Å². The third-order valence-corrected chi connectivity index (χ3v) is 2.63. The number of hydrogen-bond donors (Lipinski definition) is 0. The molecule has 1 saturated heterocycles. The van der Waals surface area contributed by atoms with Gasteiger partial charge in [0.05, 0.1) is 6.54 Å². The average molecular weight is 191 g/mol. The van der Waals surface area contributed by atoms with Crippen LogP contribution in [-0.2, 0) is 9.47 Å². The number of carbonyl (C=O) groups is 1. The average Bonchev–Trinajstić information content (AvgIpc) is 2.47. The van der Waals surface area contributed by atoms with Crippen LogP contribution >= 0.6 is 11.8 Å². The van der Waals surface area contributed by atoms with Crippen molar-refractivity contribution in [1.29, 1.82) is 0 Å². The number of hydrogen-bond acceptors (Lipinski definition) is 4. The Bertz CT molecular complexity index is 161. The van der Waals surface area contributed by atoms with Crippen LogP contribution in [-0.4, -0.2) is 49.5 Å². The predicted octanol–water partition coefficient (Wildman–Crippen LogP) is 0.774. The fourth-order valence-corrected chi connectivity index (χ4v) is 1.85. The third kappa shape index (κ3) is 2.36. The summed E-state index contributed by atoms with van der Waals surface area (Å²) in [6, 6.07) is 0. The number of methoxy groups -OCH3 is 2. The number of thioether (sulfide) groups is 1. The molecule has 0 saturated carbocycles. The Kier molecular flexibility index (Phi) is 3.84. The van der Waals surface area contributed by atoms with E-state index in [1.54, 1.807) is 19.1 Å². The van der Waals surface area contributed by atoms with Crippen LogP contribution in [0.5, 0.6) is 0 Å². The van der Waals surface area contributed by atoms with Crippen LogP contribution in [0.4, 0.5) is 4.79 Å². The minimum absolute atomic E-state index is 0.120. The fraction of sp³-hybridized carbons (Fsp3) is 0.857. The molecule has 0 spiro atoms. The van der Waals surface area contributed by atoms with Gasteiger partial charge in [0, 0.05) is 26.5 Å². The van der Waals surface area contributed by atoms with E-state index in [-0.39, 0.29) is 11.5 Å². The number of carbonyl (C=O) groups excluding carboxylic acids is 1. The topological polar surface area (TPSA) is 38.8 Å². The highest BCUT2D eigenvalue weighted by molar-refractivity contribution is 8.13. The molecule has 4 nitrogen and oxygen atoms in total. The molecule has 0 aliphatic carbocycles. The number of nitrogens with zero attached hydrogens (tertiary/aromatic N) is 1. The van der Waals surface area contributed by atoms with Crippen molar-refractivity contribution in [2.24, 2.45) is 0 Å². The van der Waals surface area contributed by atoms with Crippen molar-refractivity contribution in [3.63, 3.8) is 0 Å². The molecule has 1 fully saturated rings. The second-order valence-electron chi connectivity index (χ2n) is 2.46. The lowest BCUT2D eigenvalue weighted by atomic mass is 10.5. The molecule has 70 valence electrons. The molecule has 1 aliphatic heterocycles. The molecular formula is C7H13NO3S. The van der Waals surface area contributed by atoms with E-state index in [0.29, 0.717) is 6.54 Å². The summed E-state index contributed by atoms with van der Waals surface area (Å²) in [4.78, 5) is 12.9. The van der Waals surface area contributed by atoms with Gasteiger partial charge in [-0.1, -0.05) is 11.8 Å². The van der Waals surface area contributed by atoms with E-state index in [1.807, 2.05) is 0 Å². The van der Waals surface area contributed by atoms with Crippen molar-refractivity contribution in [2.75, 3.05) is 33.1 Å². The standard InChI is InChI=1S/C7H13NO3S/c1-10-6(11-2)5-8-3-4-12-7(8)9/h6H,3-5H2,1-2H3. The highest BCUT2D eigenvalue weighted by Gasteiger charge is 2.23. The van der Waals surface area contributed by atoms with Gasteiger partial charge in [0.1, 0.15) is 0 Å². The quantitative estimate of drug-likeness (QED) is 0.615. The molecule has 1 rings (SSSR count). The first-order valence-corrected chi connectivity index (χ1v) is 4.73. The third-order valence-electron chi connectivity index (χ3n) is 1.74. The molecule has 1 heterocycles. The molecule has 0 radical (unpaired) electrons. The summed E-state index contributed by atoms with van der Waals surface area (Å²) in [6.45, 7) is 1.32. The lowest BCUT2D eigenvalue weighted by Gasteiger charge is -2.20. The maximum absolute atomic E-state index is 11.1. The van der Waals surface area contributed by atoms with Crippen molar-refractivity contribution in [1.82, 2.24) is 4.90 Å². The molecular weight excluding hydrogens is 178 g/mol. The van der Waals surface area contributed by atoms with Gasteiger partial charge in [-0.3, -0.25) is 4.79 Å². The fourth-order valence-electron chi connectivity index (χ4n) is 1.02. The summed E-state index contributed by atoms with van der Waals surface area (Å²) in [6.07, 6.45) is -0.298. The maximum atomic E-state index is 11.1. The summed E-state index contributed by atoms with van der Waals surface area (Å²) in [5.41, 5.74) is 0. The first kappa shape index (κ1) is 9.83. The molecule has 0 aromatic carbocycles. The van der Waals surface area contributed by atoms with E-state index in [2.05, 4.69) is 0 Å².